The molecule has 0 saturated carbocycles. The van der Waals surface area contributed by atoms with Crippen molar-refractivity contribution < 1.29 is 68.4 Å². The summed E-state index contributed by atoms with van der Waals surface area (Å²) in [5.41, 5.74) is 11.0. The van der Waals surface area contributed by atoms with Crippen LogP contribution in [-0.4, -0.2) is 154 Å². The van der Waals surface area contributed by atoms with E-state index in [9.17, 15) is 68.4 Å². The molecule has 348 valence electrons. The van der Waals surface area contributed by atoms with E-state index in [1.165, 1.54) is 6.92 Å². The maximum absolute atomic E-state index is 13.3. The van der Waals surface area contributed by atoms with Gasteiger partial charge in [-0.2, -0.15) is 0 Å². The maximum Gasteiger partial charge on any atom is 0.326 e. The number of hydrogen-bond acceptors (Lipinski definition) is 14. The second-order valence-electron chi connectivity index (χ2n) is 15.2. The number of aliphatic hydroxyl groups excluding tert-OH is 2. The molecule has 0 unspecified atom stereocenters. The number of carboxylic acid groups (broad SMARTS) is 2. The monoisotopic (exact) mass is 874 g/mol. The first kappa shape index (κ1) is 55.5. The number of unbranched alkanes of at least 4 members (excludes halogenated alkanes) is 1. The topological polar surface area (TPSA) is 400 Å². The Labute approximate surface area is 354 Å². The Kier molecular flexibility index (Phi) is 25.6. The molecule has 0 saturated heterocycles. The predicted octanol–water partition coefficient (Wildman–Crippen LogP) is -4.98. The lowest BCUT2D eigenvalue weighted by Crippen LogP contribution is -2.60. The van der Waals surface area contributed by atoms with Crippen molar-refractivity contribution in [2.75, 3.05) is 19.7 Å². The molecule has 0 heterocycles. The largest absolute Gasteiger partial charge is 0.480 e. The fraction of sp³-hybridized carbons (Fsp3) is 0.730. The highest BCUT2D eigenvalue weighted by molar-refractivity contribution is 5.97. The van der Waals surface area contributed by atoms with Gasteiger partial charge in [0.15, 0.2) is 0 Å². The van der Waals surface area contributed by atoms with Gasteiger partial charge < -0.3 is 74.4 Å². The Hall–Kier alpha value is -5.46. The molecule has 16 N–H and O–H groups in total. The summed E-state index contributed by atoms with van der Waals surface area (Å²) in [6, 6.07) is -11.4. The number of rotatable bonds is 29. The van der Waals surface area contributed by atoms with E-state index in [4.69, 9.17) is 11.5 Å². The van der Waals surface area contributed by atoms with Crippen LogP contribution in [0, 0.1) is 11.8 Å². The smallest absolute Gasteiger partial charge is 0.326 e. The van der Waals surface area contributed by atoms with Gasteiger partial charge in [0.2, 0.25) is 47.3 Å². The summed E-state index contributed by atoms with van der Waals surface area (Å²) in [6.07, 6.45) is -1.03. The summed E-state index contributed by atoms with van der Waals surface area (Å²) in [7, 11) is 0. The average molecular weight is 875 g/mol. The highest BCUT2D eigenvalue weighted by Crippen LogP contribution is 2.10. The van der Waals surface area contributed by atoms with Crippen LogP contribution in [-0.2, 0) is 47.9 Å². The molecule has 0 rings (SSSR count). The van der Waals surface area contributed by atoms with Crippen molar-refractivity contribution in [1.82, 2.24) is 42.5 Å². The Morgan fingerprint density at radius 3 is 1.64 bits per heavy atom. The number of carboxylic acids is 2. The van der Waals surface area contributed by atoms with Gasteiger partial charge >= 0.3 is 11.9 Å². The molecule has 0 aliphatic carbocycles. The Morgan fingerprint density at radius 1 is 0.590 bits per heavy atom. The number of aliphatic hydroxyl groups is 2. The number of aliphatic carboxylic acids is 2. The van der Waals surface area contributed by atoms with E-state index in [-0.39, 0.29) is 18.8 Å². The van der Waals surface area contributed by atoms with Crippen LogP contribution in [0.3, 0.4) is 0 Å². The zero-order valence-corrected chi connectivity index (χ0v) is 35.7. The van der Waals surface area contributed by atoms with E-state index in [0.717, 1.165) is 13.8 Å². The number of carbonyl (C=O) groups excluding carboxylic acids is 8. The first-order valence-corrected chi connectivity index (χ1v) is 20.0. The third-order valence-corrected chi connectivity index (χ3v) is 9.20. The molecule has 0 spiro atoms. The van der Waals surface area contributed by atoms with Gasteiger partial charge in [-0.1, -0.05) is 34.1 Å². The molecule has 24 heteroatoms. The number of carbonyl (C=O) groups is 10. The molecule has 8 amide bonds. The van der Waals surface area contributed by atoms with Gasteiger partial charge in [0.05, 0.1) is 31.7 Å². The summed E-state index contributed by atoms with van der Waals surface area (Å²) in [5.74, 6) is -11.1. The van der Waals surface area contributed by atoms with E-state index in [1.807, 2.05) is 0 Å². The summed E-state index contributed by atoms with van der Waals surface area (Å²) in [6.45, 7) is 9.31. The second kappa shape index (κ2) is 28.1. The summed E-state index contributed by atoms with van der Waals surface area (Å²) in [5, 5.41) is 57.6. The highest BCUT2D eigenvalue weighted by Gasteiger charge is 2.34. The minimum absolute atomic E-state index is 0.0225. The van der Waals surface area contributed by atoms with Crippen molar-refractivity contribution in [2.24, 2.45) is 23.3 Å². The molecule has 24 nitrogen and oxygen atoms in total. The van der Waals surface area contributed by atoms with E-state index >= 15 is 0 Å². The van der Waals surface area contributed by atoms with Crippen molar-refractivity contribution in [3.63, 3.8) is 0 Å². The van der Waals surface area contributed by atoms with E-state index in [0.29, 0.717) is 25.8 Å². The van der Waals surface area contributed by atoms with E-state index in [2.05, 4.69) is 42.5 Å². The van der Waals surface area contributed by atoms with Gasteiger partial charge in [-0.15, -0.1) is 0 Å². The number of nitrogens with two attached hydrogens (primary N) is 2. The SMILES string of the molecule is CC[C@H](C)[C@H](NC(=O)[C@H](C)N)C(=O)N[C@@H](CO)C(=O)N[C@@H](C)C(=O)N[C@@H](CC(=O)N[C@H](C(=O)N[C@@H](CC(C)C)C(=O)NCC(=O)N[C@@H](CCCCN)C(=O)O)[C@@H](C)O)C(=O)O. The van der Waals surface area contributed by atoms with Crippen LogP contribution in [0.15, 0.2) is 0 Å². The van der Waals surface area contributed by atoms with Crippen molar-refractivity contribution in [1.29, 1.82) is 0 Å². The molecular weight excluding hydrogens is 808 g/mol. The minimum Gasteiger partial charge on any atom is -0.480 e. The molecule has 0 radical (unpaired) electrons. The molecule has 0 aliphatic heterocycles. The van der Waals surface area contributed by atoms with Crippen LogP contribution < -0.4 is 54.0 Å². The average Bonchev–Trinajstić information content (AvgIpc) is 3.17. The number of hydrogen-bond donors (Lipinski definition) is 14. The fourth-order valence-electron chi connectivity index (χ4n) is 5.39. The van der Waals surface area contributed by atoms with Crippen molar-refractivity contribution in [2.45, 2.75) is 141 Å². The number of nitrogens with one attached hydrogen (secondary N) is 8. The highest BCUT2D eigenvalue weighted by atomic mass is 16.4. The Morgan fingerprint density at radius 2 is 1.15 bits per heavy atom. The predicted molar refractivity (Wildman–Crippen MR) is 216 cm³/mol. The molecule has 0 aliphatic rings. The van der Waals surface area contributed by atoms with Crippen molar-refractivity contribution in [3.05, 3.63) is 0 Å². The van der Waals surface area contributed by atoms with Gasteiger partial charge in [0.25, 0.3) is 0 Å². The lowest BCUT2D eigenvalue weighted by Gasteiger charge is -2.27. The first-order valence-electron chi connectivity index (χ1n) is 20.0. The normalized spacial score (nSPS) is 16.0. The van der Waals surface area contributed by atoms with Gasteiger partial charge in [-0.25, -0.2) is 9.59 Å². The third kappa shape index (κ3) is 21.1. The summed E-state index contributed by atoms with van der Waals surface area (Å²) in [4.78, 5) is 126. The zero-order valence-electron chi connectivity index (χ0n) is 35.7. The minimum atomic E-state index is -1.94. The number of amides is 8. The molecule has 10 atom stereocenters. The molecule has 0 aromatic rings. The summed E-state index contributed by atoms with van der Waals surface area (Å²) >= 11 is 0. The van der Waals surface area contributed by atoms with Crippen molar-refractivity contribution in [3.8, 4) is 0 Å². The lowest BCUT2D eigenvalue weighted by molar-refractivity contribution is -0.144. The zero-order chi connectivity index (χ0) is 47.1. The van der Waals surface area contributed by atoms with Crippen LogP contribution in [0.4, 0.5) is 0 Å². The maximum atomic E-state index is 13.3. The van der Waals surface area contributed by atoms with Crippen LogP contribution in [0.25, 0.3) is 0 Å². The molecule has 0 bridgehead atoms. The molecule has 0 aromatic carbocycles. The molecule has 61 heavy (non-hydrogen) atoms. The van der Waals surface area contributed by atoms with Gasteiger partial charge in [-0.05, 0) is 64.8 Å². The Bertz CT molecular complexity index is 1530. The fourth-order valence-corrected chi connectivity index (χ4v) is 5.39. The van der Waals surface area contributed by atoms with Gasteiger partial charge in [0, 0.05) is 0 Å². The van der Waals surface area contributed by atoms with Crippen LogP contribution in [0.1, 0.15) is 87.0 Å². The van der Waals surface area contributed by atoms with Gasteiger partial charge in [0.1, 0.15) is 42.3 Å². The van der Waals surface area contributed by atoms with Gasteiger partial charge in [-0.3, -0.25) is 38.4 Å². The summed E-state index contributed by atoms with van der Waals surface area (Å²) < 4.78 is 0. The molecule has 0 aromatic heterocycles. The van der Waals surface area contributed by atoms with Crippen molar-refractivity contribution >= 4 is 59.2 Å². The van der Waals surface area contributed by atoms with Crippen LogP contribution >= 0.6 is 0 Å². The lowest BCUT2D eigenvalue weighted by atomic mass is 9.97. The molecular formula is C37H66N10O14. The quantitative estimate of drug-likeness (QED) is 0.0313. The van der Waals surface area contributed by atoms with Crippen LogP contribution in [0.5, 0.6) is 0 Å². The molecule has 0 fully saturated rings. The van der Waals surface area contributed by atoms with E-state index in [1.54, 1.807) is 27.7 Å². The van der Waals surface area contributed by atoms with E-state index < -0.39 is 139 Å². The Balaban J connectivity index is 5.64. The third-order valence-electron chi connectivity index (χ3n) is 9.20. The second-order valence-corrected chi connectivity index (χ2v) is 15.2. The first-order chi connectivity index (χ1) is 28.4. The standard InChI is InChI=1S/C37H66N10O14/c1-8-18(4)28(47-30(52)19(5)39)34(56)45-25(16-48)33(55)41-20(6)31(53)44-24(37(60)61)14-26(50)46-29(21(7)49)35(57)43-23(13-17(2)3)32(54)40-15-27(51)42-22(36(58)59)11-9-10-12-38/h17-25,28-29,48-49H,8-16,38-39H2,1-7H3,(H,40,54)(H,41,55)(H,42,51)(H,43,57)(H,44,53)(H,45,56)(H,46,50)(H,47,52)(H,58,59)(H,60,61)/t18-,19-,20-,21+,22-,23-,24-,25-,28-,29-/m0/s1. The van der Waals surface area contributed by atoms with Crippen LogP contribution in [0.2, 0.25) is 0 Å².